The van der Waals surface area contributed by atoms with Crippen LogP contribution < -0.4 is 0 Å². The maximum absolute atomic E-state index is 13.0. The minimum atomic E-state index is -1.97. The van der Waals surface area contributed by atoms with E-state index in [0.717, 1.165) is 0 Å². The lowest BCUT2D eigenvalue weighted by atomic mass is 9.93. The summed E-state index contributed by atoms with van der Waals surface area (Å²) < 4.78 is 19.1. The lowest BCUT2D eigenvalue weighted by Crippen LogP contribution is -2.37. The average Bonchev–Trinajstić information content (AvgIpc) is 3.51. The second kappa shape index (κ2) is 11.3. The van der Waals surface area contributed by atoms with E-state index < -0.39 is 35.9 Å². The predicted octanol–water partition coefficient (Wildman–Crippen LogP) is 3.83. The van der Waals surface area contributed by atoms with E-state index in [2.05, 4.69) is 15.1 Å². The van der Waals surface area contributed by atoms with Crippen molar-refractivity contribution >= 4 is 41.1 Å². The highest BCUT2D eigenvalue weighted by Gasteiger charge is 2.57. The number of nitrogens with zero attached hydrogens (tertiary/aromatic N) is 4. The number of imidazole rings is 1. The Hall–Kier alpha value is -3.45. The molecule has 1 aliphatic heterocycles. The zero-order chi connectivity index (χ0) is 27.6. The molecule has 4 aromatic rings. The van der Waals surface area contributed by atoms with Gasteiger partial charge in [0.1, 0.15) is 29.5 Å². The maximum Gasteiger partial charge on any atom is 0.338 e. The van der Waals surface area contributed by atoms with Crippen molar-refractivity contribution in [1.82, 2.24) is 19.6 Å². The van der Waals surface area contributed by atoms with E-state index in [1.54, 1.807) is 67.6 Å². The number of aliphatic hydroxyl groups is 1. The first-order valence-electron chi connectivity index (χ1n) is 12.1. The van der Waals surface area contributed by atoms with Crippen LogP contribution in [0.5, 0.6) is 0 Å². The molecule has 0 amide bonds. The third-order valence-corrected chi connectivity index (χ3v) is 7.70. The lowest BCUT2D eigenvalue weighted by Gasteiger charge is -2.26. The zero-order valence-corrected chi connectivity index (χ0v) is 23.0. The van der Waals surface area contributed by atoms with Crippen molar-refractivity contribution < 1.29 is 28.9 Å². The van der Waals surface area contributed by atoms with Gasteiger partial charge in [0.05, 0.1) is 23.2 Å². The van der Waals surface area contributed by atoms with Crippen LogP contribution in [0.15, 0.2) is 77.0 Å². The summed E-state index contributed by atoms with van der Waals surface area (Å²) in [7, 11) is 0. The first kappa shape index (κ1) is 27.1. The largest absolute Gasteiger partial charge is 0.459 e. The third kappa shape index (κ3) is 5.24. The van der Waals surface area contributed by atoms with Gasteiger partial charge in [-0.15, -0.1) is 16.9 Å². The summed E-state index contributed by atoms with van der Waals surface area (Å²) in [5.41, 5.74) is 1.41. The number of ether oxygens (including phenoxy) is 3. The maximum atomic E-state index is 13.0. The molecule has 1 aliphatic rings. The van der Waals surface area contributed by atoms with Crippen LogP contribution in [0.4, 0.5) is 0 Å². The number of fused-ring (bicyclic) bond motifs is 1. The van der Waals surface area contributed by atoms with Gasteiger partial charge in [0.15, 0.2) is 5.65 Å². The molecule has 1 saturated heterocycles. The molecule has 1 unspecified atom stereocenters. The fraction of sp³-hybridized carbons (Fsp3) is 0.296. The minimum Gasteiger partial charge on any atom is -0.459 e. The highest BCUT2D eigenvalue weighted by Crippen LogP contribution is 2.44. The van der Waals surface area contributed by atoms with Gasteiger partial charge >= 0.3 is 11.9 Å². The monoisotopic (exact) mass is 566 g/mol. The van der Waals surface area contributed by atoms with E-state index in [1.807, 2.05) is 12.5 Å². The normalized spacial score (nSPS) is 22.6. The van der Waals surface area contributed by atoms with Crippen LogP contribution in [0, 0.1) is 5.92 Å². The molecule has 2 aromatic heterocycles. The number of hydrogen-bond donors (Lipinski definition) is 1. The Morgan fingerprint density at radius 2 is 1.67 bits per heavy atom. The van der Waals surface area contributed by atoms with Gasteiger partial charge in [-0.25, -0.2) is 24.1 Å². The summed E-state index contributed by atoms with van der Waals surface area (Å²) in [5.74, 6) is -3.90. The summed E-state index contributed by atoms with van der Waals surface area (Å²) in [6, 6.07) is 17.0. The van der Waals surface area contributed by atoms with Gasteiger partial charge in [0, 0.05) is 0 Å². The molecule has 39 heavy (non-hydrogen) atoms. The Morgan fingerprint density at radius 1 is 1.03 bits per heavy atom. The van der Waals surface area contributed by atoms with Crippen LogP contribution >= 0.6 is 23.5 Å². The molecular formula is C27H26N4O6S2. The Balaban J connectivity index is 1.49. The van der Waals surface area contributed by atoms with Crippen LogP contribution in [0.3, 0.4) is 0 Å². The second-order valence-electron chi connectivity index (χ2n) is 8.83. The van der Waals surface area contributed by atoms with Gasteiger partial charge in [0.25, 0.3) is 0 Å². The average molecular weight is 567 g/mol. The molecule has 3 heterocycles. The van der Waals surface area contributed by atoms with Crippen LogP contribution in [-0.4, -0.2) is 68.0 Å². The van der Waals surface area contributed by atoms with E-state index in [1.165, 1.54) is 34.2 Å². The van der Waals surface area contributed by atoms with Crippen molar-refractivity contribution in [2.75, 3.05) is 19.1 Å². The number of benzene rings is 2. The predicted molar refractivity (Wildman–Crippen MR) is 145 cm³/mol. The van der Waals surface area contributed by atoms with E-state index in [0.29, 0.717) is 27.0 Å². The van der Waals surface area contributed by atoms with Crippen molar-refractivity contribution in [2.45, 2.75) is 35.1 Å². The molecule has 0 bridgehead atoms. The molecule has 5 rings (SSSR count). The van der Waals surface area contributed by atoms with Gasteiger partial charge in [0.2, 0.25) is 10.9 Å². The van der Waals surface area contributed by atoms with E-state index in [9.17, 15) is 14.7 Å². The molecule has 4 atom stereocenters. The summed E-state index contributed by atoms with van der Waals surface area (Å²) in [4.78, 5) is 34.6. The molecular weight excluding hydrogens is 540 g/mol. The minimum absolute atomic E-state index is 0.246. The molecule has 1 fully saturated rings. The Kier molecular flexibility index (Phi) is 7.89. The van der Waals surface area contributed by atoms with E-state index in [4.69, 9.17) is 14.2 Å². The third-order valence-electron chi connectivity index (χ3n) is 6.50. The number of rotatable bonds is 8. The quantitative estimate of drug-likeness (QED) is 0.247. The smallest absolute Gasteiger partial charge is 0.338 e. The molecule has 0 saturated carbocycles. The highest BCUT2D eigenvalue weighted by molar-refractivity contribution is 7.99. The first-order valence-corrected chi connectivity index (χ1v) is 14.5. The summed E-state index contributed by atoms with van der Waals surface area (Å²) in [6.45, 7) is 1.44. The van der Waals surface area contributed by atoms with Crippen molar-refractivity contribution in [2.24, 2.45) is 5.92 Å². The summed E-state index contributed by atoms with van der Waals surface area (Å²) >= 11 is 2.75. The van der Waals surface area contributed by atoms with Crippen molar-refractivity contribution in [3.8, 4) is 0 Å². The number of carbonyl (C=O) groups excluding carboxylic acids is 2. The van der Waals surface area contributed by atoms with Gasteiger partial charge in [-0.1, -0.05) is 55.1 Å². The fourth-order valence-electron chi connectivity index (χ4n) is 4.44. The van der Waals surface area contributed by atoms with Crippen LogP contribution in [0.1, 0.15) is 33.3 Å². The van der Waals surface area contributed by atoms with Gasteiger partial charge in [-0.2, -0.15) is 0 Å². The summed E-state index contributed by atoms with van der Waals surface area (Å²) in [5, 5.41) is 17.6. The zero-order valence-electron chi connectivity index (χ0n) is 21.4. The molecule has 202 valence electrons. The number of esters is 2. The fourth-order valence-corrected chi connectivity index (χ4v) is 5.34. The molecule has 0 aliphatic carbocycles. The first-order chi connectivity index (χ1) is 18.9. The van der Waals surface area contributed by atoms with Gasteiger partial charge in [-0.3, -0.25) is 0 Å². The molecule has 1 N–H and O–H groups in total. The second-order valence-corrected chi connectivity index (χ2v) is 10.4. The standard InChI is InChI=1S/C27H26N4O6S2/c1-16-21(36-25(33)18-12-8-5-9-13-18)19(15-35-24(32)17-10-6-4-7-11-17)37-27(16,34)20-14-28-22-23(38-2)29-26(39-3)30-31(20)22/h4-14,16,19,21,34H,15H2,1-3H3/t16-,19+,21-,27?/m0/s1. The summed E-state index contributed by atoms with van der Waals surface area (Å²) in [6.07, 6.45) is 3.26. The highest BCUT2D eigenvalue weighted by atomic mass is 32.2. The Labute approximate surface area is 233 Å². The van der Waals surface area contributed by atoms with Crippen LogP contribution in [0.2, 0.25) is 0 Å². The molecule has 12 heteroatoms. The SMILES string of the molecule is CSc1nc(SC)c2ncc(C3(O)O[C@H](COC(=O)c4ccccc4)[C@@H](OC(=O)c4ccccc4)[C@@H]3C)n2n1. The number of carbonyl (C=O) groups is 2. The van der Waals surface area contributed by atoms with Gasteiger partial charge < -0.3 is 19.3 Å². The van der Waals surface area contributed by atoms with E-state index >= 15 is 0 Å². The van der Waals surface area contributed by atoms with Crippen molar-refractivity contribution in [3.05, 3.63) is 83.7 Å². The number of thioether (sulfide) groups is 2. The van der Waals surface area contributed by atoms with Crippen LogP contribution in [0.25, 0.3) is 5.65 Å². The Bertz CT molecular complexity index is 1490. The van der Waals surface area contributed by atoms with E-state index in [-0.39, 0.29) is 12.3 Å². The lowest BCUT2D eigenvalue weighted by molar-refractivity contribution is -0.226. The molecule has 10 nitrogen and oxygen atoms in total. The molecule has 2 aromatic carbocycles. The molecule has 0 radical (unpaired) electrons. The van der Waals surface area contributed by atoms with Crippen molar-refractivity contribution in [3.63, 3.8) is 0 Å². The topological polar surface area (TPSA) is 125 Å². The molecule has 0 spiro atoms. The van der Waals surface area contributed by atoms with Gasteiger partial charge in [-0.05, 0) is 36.8 Å². The number of hydrogen-bond acceptors (Lipinski definition) is 11. The van der Waals surface area contributed by atoms with Crippen molar-refractivity contribution in [1.29, 1.82) is 0 Å². The number of aromatic nitrogens is 4. The van der Waals surface area contributed by atoms with Crippen LogP contribution in [-0.2, 0) is 20.0 Å². The Morgan fingerprint density at radius 3 is 2.28 bits per heavy atom.